The number of anilines is 1. The lowest BCUT2D eigenvalue weighted by atomic mass is 10.1. The number of rotatable bonds is 5. The molecule has 1 unspecified atom stereocenters. The molecular weight excluding hydrogens is 204 g/mol. The molecule has 16 heavy (non-hydrogen) atoms. The van der Waals surface area contributed by atoms with E-state index in [0.29, 0.717) is 24.2 Å². The van der Waals surface area contributed by atoms with Gasteiger partial charge in [-0.3, -0.25) is 0 Å². The predicted molar refractivity (Wildman–Crippen MR) is 64.6 cm³/mol. The van der Waals surface area contributed by atoms with Crippen LogP contribution in [0.4, 0.5) is 5.82 Å². The van der Waals surface area contributed by atoms with Gasteiger partial charge in [0.15, 0.2) is 0 Å². The van der Waals surface area contributed by atoms with Crippen molar-refractivity contribution in [3.8, 4) is 5.88 Å². The maximum Gasteiger partial charge on any atom is 0.218 e. The van der Waals surface area contributed by atoms with Crippen molar-refractivity contribution in [3.05, 3.63) is 11.9 Å². The second kappa shape index (κ2) is 5.65. The highest BCUT2D eigenvalue weighted by atomic mass is 16.5. The number of nitrogens with one attached hydrogen (secondary N) is 1. The second-order valence-corrected chi connectivity index (χ2v) is 4.07. The molecule has 0 aliphatic carbocycles. The molecule has 5 nitrogen and oxygen atoms in total. The van der Waals surface area contributed by atoms with Gasteiger partial charge in [0.2, 0.25) is 5.88 Å². The standard InChI is InChI=1S/C11H20N4O/c1-7(2)9(6-12)15-10-5-11(16-4)14-8(3)13-10/h5,7,9H,6,12H2,1-4H3,(H,13,14,15). The van der Waals surface area contributed by atoms with Crippen LogP contribution in [0.25, 0.3) is 0 Å². The molecule has 0 amide bonds. The summed E-state index contributed by atoms with van der Waals surface area (Å²) in [6.45, 7) is 6.65. The molecule has 1 rings (SSSR count). The third kappa shape index (κ3) is 3.34. The lowest BCUT2D eigenvalue weighted by molar-refractivity contribution is 0.395. The van der Waals surface area contributed by atoms with Crippen LogP contribution >= 0.6 is 0 Å². The monoisotopic (exact) mass is 224 g/mol. The maximum atomic E-state index is 5.69. The van der Waals surface area contributed by atoms with Gasteiger partial charge in [-0.15, -0.1) is 0 Å². The first kappa shape index (κ1) is 12.7. The topological polar surface area (TPSA) is 73.1 Å². The van der Waals surface area contributed by atoms with Crippen molar-refractivity contribution in [2.24, 2.45) is 11.7 Å². The zero-order valence-electron chi connectivity index (χ0n) is 10.3. The Balaban J connectivity index is 2.83. The normalized spacial score (nSPS) is 12.6. The quantitative estimate of drug-likeness (QED) is 0.786. The smallest absolute Gasteiger partial charge is 0.218 e. The molecular formula is C11H20N4O. The Morgan fingerprint density at radius 2 is 2.12 bits per heavy atom. The molecule has 1 aromatic rings. The van der Waals surface area contributed by atoms with Gasteiger partial charge in [0.05, 0.1) is 7.11 Å². The van der Waals surface area contributed by atoms with Crippen LogP contribution in [0.1, 0.15) is 19.7 Å². The number of nitrogens with zero attached hydrogens (tertiary/aromatic N) is 2. The zero-order chi connectivity index (χ0) is 12.1. The number of aromatic nitrogens is 2. The molecule has 3 N–H and O–H groups in total. The lowest BCUT2D eigenvalue weighted by Gasteiger charge is -2.21. The summed E-state index contributed by atoms with van der Waals surface area (Å²) < 4.78 is 5.09. The van der Waals surface area contributed by atoms with Gasteiger partial charge in [0.25, 0.3) is 0 Å². The molecule has 0 saturated heterocycles. The Hall–Kier alpha value is -1.36. The number of nitrogens with two attached hydrogens (primary N) is 1. The Kier molecular flexibility index (Phi) is 4.49. The van der Waals surface area contributed by atoms with Gasteiger partial charge in [0, 0.05) is 18.7 Å². The van der Waals surface area contributed by atoms with E-state index in [1.54, 1.807) is 13.2 Å². The van der Waals surface area contributed by atoms with E-state index >= 15 is 0 Å². The van der Waals surface area contributed by atoms with Crippen LogP contribution < -0.4 is 15.8 Å². The average Bonchev–Trinajstić information content (AvgIpc) is 2.24. The Bertz CT molecular complexity index is 341. The van der Waals surface area contributed by atoms with Gasteiger partial charge in [-0.2, -0.15) is 4.98 Å². The molecule has 0 aliphatic rings. The van der Waals surface area contributed by atoms with E-state index in [0.717, 1.165) is 5.82 Å². The van der Waals surface area contributed by atoms with Crippen LogP contribution in [0.3, 0.4) is 0 Å². The molecule has 1 atom stereocenters. The first-order chi connectivity index (χ1) is 7.56. The van der Waals surface area contributed by atoms with E-state index in [9.17, 15) is 0 Å². The van der Waals surface area contributed by atoms with Gasteiger partial charge in [-0.1, -0.05) is 13.8 Å². The van der Waals surface area contributed by atoms with E-state index in [1.807, 2.05) is 6.92 Å². The highest BCUT2D eigenvalue weighted by molar-refractivity contribution is 5.39. The first-order valence-corrected chi connectivity index (χ1v) is 5.43. The molecule has 0 bridgehead atoms. The number of ether oxygens (including phenoxy) is 1. The molecule has 0 saturated carbocycles. The van der Waals surface area contributed by atoms with E-state index in [1.165, 1.54) is 0 Å². The molecule has 1 heterocycles. The molecule has 90 valence electrons. The highest BCUT2D eigenvalue weighted by Crippen LogP contribution is 2.15. The van der Waals surface area contributed by atoms with Crippen molar-refractivity contribution in [2.75, 3.05) is 19.0 Å². The van der Waals surface area contributed by atoms with E-state index < -0.39 is 0 Å². The van der Waals surface area contributed by atoms with Crippen LogP contribution in [-0.4, -0.2) is 29.7 Å². The summed E-state index contributed by atoms with van der Waals surface area (Å²) in [5.74, 6) is 2.45. The summed E-state index contributed by atoms with van der Waals surface area (Å²) in [5, 5.41) is 3.29. The van der Waals surface area contributed by atoms with Crippen LogP contribution in [0.5, 0.6) is 5.88 Å². The van der Waals surface area contributed by atoms with E-state index in [-0.39, 0.29) is 6.04 Å². The zero-order valence-corrected chi connectivity index (χ0v) is 10.3. The number of hydrogen-bond donors (Lipinski definition) is 2. The predicted octanol–water partition coefficient (Wildman–Crippen LogP) is 1.19. The number of methoxy groups -OCH3 is 1. The third-order valence-electron chi connectivity index (χ3n) is 2.42. The Morgan fingerprint density at radius 3 is 2.62 bits per heavy atom. The van der Waals surface area contributed by atoms with Crippen molar-refractivity contribution >= 4 is 5.82 Å². The van der Waals surface area contributed by atoms with Crippen molar-refractivity contribution in [3.63, 3.8) is 0 Å². The van der Waals surface area contributed by atoms with Gasteiger partial charge in [-0.05, 0) is 12.8 Å². The van der Waals surface area contributed by atoms with Crippen LogP contribution in [-0.2, 0) is 0 Å². The minimum atomic E-state index is 0.207. The SMILES string of the molecule is COc1cc(NC(CN)C(C)C)nc(C)n1. The van der Waals surface area contributed by atoms with Crippen LogP contribution in [0.2, 0.25) is 0 Å². The minimum absolute atomic E-state index is 0.207. The van der Waals surface area contributed by atoms with Gasteiger partial charge in [0.1, 0.15) is 11.6 Å². The maximum absolute atomic E-state index is 5.69. The second-order valence-electron chi connectivity index (χ2n) is 4.07. The van der Waals surface area contributed by atoms with E-state index in [2.05, 4.69) is 29.1 Å². The highest BCUT2D eigenvalue weighted by Gasteiger charge is 2.12. The fourth-order valence-electron chi connectivity index (χ4n) is 1.41. The molecule has 0 spiro atoms. The van der Waals surface area contributed by atoms with Crippen molar-refractivity contribution < 1.29 is 4.74 Å². The summed E-state index contributed by atoms with van der Waals surface area (Å²) in [7, 11) is 1.59. The summed E-state index contributed by atoms with van der Waals surface area (Å²) in [5.41, 5.74) is 5.69. The molecule has 0 aliphatic heterocycles. The minimum Gasteiger partial charge on any atom is -0.481 e. The van der Waals surface area contributed by atoms with Crippen LogP contribution in [0, 0.1) is 12.8 Å². The summed E-state index contributed by atoms with van der Waals surface area (Å²) in [6, 6.07) is 1.98. The Labute approximate surface area is 96.4 Å². The molecule has 0 radical (unpaired) electrons. The average molecular weight is 224 g/mol. The fraction of sp³-hybridized carbons (Fsp3) is 0.636. The summed E-state index contributed by atoms with van der Waals surface area (Å²) >= 11 is 0. The number of aryl methyl sites for hydroxylation is 1. The third-order valence-corrected chi connectivity index (χ3v) is 2.42. The van der Waals surface area contributed by atoms with Gasteiger partial charge in [-0.25, -0.2) is 4.98 Å². The van der Waals surface area contributed by atoms with E-state index in [4.69, 9.17) is 10.5 Å². The van der Waals surface area contributed by atoms with Crippen LogP contribution in [0.15, 0.2) is 6.07 Å². The van der Waals surface area contributed by atoms with Crippen molar-refractivity contribution in [1.82, 2.24) is 9.97 Å². The molecule has 0 aromatic carbocycles. The van der Waals surface area contributed by atoms with Gasteiger partial charge >= 0.3 is 0 Å². The summed E-state index contributed by atoms with van der Waals surface area (Å²) in [6.07, 6.45) is 0. The fourth-order valence-corrected chi connectivity index (χ4v) is 1.41. The lowest BCUT2D eigenvalue weighted by Crippen LogP contribution is -2.34. The largest absolute Gasteiger partial charge is 0.481 e. The molecule has 0 fully saturated rings. The summed E-state index contributed by atoms with van der Waals surface area (Å²) in [4.78, 5) is 8.42. The molecule has 5 heteroatoms. The molecule has 1 aromatic heterocycles. The van der Waals surface area contributed by atoms with Crippen molar-refractivity contribution in [2.45, 2.75) is 26.8 Å². The first-order valence-electron chi connectivity index (χ1n) is 5.43. The van der Waals surface area contributed by atoms with Crippen molar-refractivity contribution in [1.29, 1.82) is 0 Å². The Morgan fingerprint density at radius 1 is 1.44 bits per heavy atom. The number of hydrogen-bond acceptors (Lipinski definition) is 5. The van der Waals surface area contributed by atoms with Gasteiger partial charge < -0.3 is 15.8 Å².